The average Bonchev–Trinajstić information content (AvgIpc) is 2.83. The first kappa shape index (κ1) is 10.7. The van der Waals surface area contributed by atoms with Crippen molar-refractivity contribution in [2.24, 2.45) is 5.92 Å². The second-order valence-electron chi connectivity index (χ2n) is 4.85. The van der Waals surface area contributed by atoms with Crippen LogP contribution in [0.15, 0.2) is 24.5 Å². The standard InChI is InChI=1S/C14H17N3/c1-10-3-2-4-12-13(16-9-17-14(10)12)7-11-5-6-15-8-11/h2-4,9,11,15H,5-8H2,1H3. The van der Waals surface area contributed by atoms with Crippen LogP contribution in [0, 0.1) is 12.8 Å². The van der Waals surface area contributed by atoms with E-state index in [1.54, 1.807) is 6.33 Å². The number of hydrogen-bond acceptors (Lipinski definition) is 3. The SMILES string of the molecule is Cc1cccc2c(CC3CCNC3)ncnc12. The van der Waals surface area contributed by atoms with Gasteiger partial charge in [0.15, 0.2) is 0 Å². The summed E-state index contributed by atoms with van der Waals surface area (Å²) < 4.78 is 0. The van der Waals surface area contributed by atoms with E-state index in [2.05, 4.69) is 40.4 Å². The van der Waals surface area contributed by atoms with E-state index < -0.39 is 0 Å². The van der Waals surface area contributed by atoms with Crippen molar-refractivity contribution in [2.75, 3.05) is 13.1 Å². The van der Waals surface area contributed by atoms with E-state index >= 15 is 0 Å². The molecule has 1 aliphatic rings. The van der Waals surface area contributed by atoms with E-state index in [-0.39, 0.29) is 0 Å². The Bertz CT molecular complexity index is 530. The molecule has 2 heterocycles. The van der Waals surface area contributed by atoms with Crippen molar-refractivity contribution in [3.63, 3.8) is 0 Å². The van der Waals surface area contributed by atoms with Crippen molar-refractivity contribution in [2.45, 2.75) is 19.8 Å². The molecule has 1 fully saturated rings. The average molecular weight is 227 g/mol. The van der Waals surface area contributed by atoms with E-state index in [9.17, 15) is 0 Å². The number of aromatic nitrogens is 2. The molecule has 1 aromatic heterocycles. The number of nitrogens with zero attached hydrogens (tertiary/aromatic N) is 2. The Hall–Kier alpha value is -1.48. The molecule has 0 aliphatic carbocycles. The Morgan fingerprint density at radius 3 is 3.12 bits per heavy atom. The van der Waals surface area contributed by atoms with Gasteiger partial charge >= 0.3 is 0 Å². The smallest absolute Gasteiger partial charge is 0.116 e. The predicted octanol–water partition coefficient (Wildman–Crippen LogP) is 2.09. The van der Waals surface area contributed by atoms with Gasteiger partial charge in [-0.15, -0.1) is 0 Å². The number of para-hydroxylation sites is 1. The summed E-state index contributed by atoms with van der Waals surface area (Å²) in [6.07, 6.45) is 4.03. The molecule has 1 N–H and O–H groups in total. The van der Waals surface area contributed by atoms with Crippen LogP contribution in [-0.2, 0) is 6.42 Å². The number of rotatable bonds is 2. The van der Waals surface area contributed by atoms with Crippen LogP contribution in [0.5, 0.6) is 0 Å². The third-order valence-electron chi connectivity index (χ3n) is 3.59. The summed E-state index contributed by atoms with van der Waals surface area (Å²) in [6.45, 7) is 4.38. The van der Waals surface area contributed by atoms with Gasteiger partial charge in [0.2, 0.25) is 0 Å². The van der Waals surface area contributed by atoms with Gasteiger partial charge in [0, 0.05) is 5.39 Å². The highest BCUT2D eigenvalue weighted by Gasteiger charge is 2.17. The number of benzene rings is 1. The summed E-state index contributed by atoms with van der Waals surface area (Å²) in [4.78, 5) is 8.86. The van der Waals surface area contributed by atoms with Gasteiger partial charge in [-0.25, -0.2) is 9.97 Å². The first-order valence-electron chi connectivity index (χ1n) is 6.24. The Balaban J connectivity index is 2.01. The molecule has 0 bridgehead atoms. The molecule has 1 saturated heterocycles. The van der Waals surface area contributed by atoms with E-state index in [0.717, 1.165) is 30.9 Å². The molecule has 1 aliphatic heterocycles. The molecule has 1 unspecified atom stereocenters. The van der Waals surface area contributed by atoms with Gasteiger partial charge in [-0.2, -0.15) is 0 Å². The van der Waals surface area contributed by atoms with Crippen molar-refractivity contribution in [1.82, 2.24) is 15.3 Å². The third-order valence-corrected chi connectivity index (χ3v) is 3.59. The van der Waals surface area contributed by atoms with E-state index in [4.69, 9.17) is 0 Å². The molecule has 3 heteroatoms. The Labute approximate surface area is 101 Å². The van der Waals surface area contributed by atoms with Gasteiger partial charge in [0.1, 0.15) is 6.33 Å². The molecular weight excluding hydrogens is 210 g/mol. The lowest BCUT2D eigenvalue weighted by atomic mass is 9.99. The van der Waals surface area contributed by atoms with Gasteiger partial charge < -0.3 is 5.32 Å². The minimum Gasteiger partial charge on any atom is -0.316 e. The molecule has 17 heavy (non-hydrogen) atoms. The third kappa shape index (κ3) is 2.03. The van der Waals surface area contributed by atoms with Gasteiger partial charge in [0.25, 0.3) is 0 Å². The number of aryl methyl sites for hydroxylation is 1. The highest BCUT2D eigenvalue weighted by molar-refractivity contribution is 5.83. The summed E-state index contributed by atoms with van der Waals surface area (Å²) in [5, 5.41) is 4.63. The molecule has 0 spiro atoms. The predicted molar refractivity (Wildman–Crippen MR) is 69.0 cm³/mol. The van der Waals surface area contributed by atoms with E-state index in [1.807, 2.05) is 0 Å². The molecular formula is C14H17N3. The monoisotopic (exact) mass is 227 g/mol. The molecule has 1 aromatic carbocycles. The molecule has 0 amide bonds. The van der Waals surface area contributed by atoms with Gasteiger partial charge in [-0.3, -0.25) is 0 Å². The summed E-state index contributed by atoms with van der Waals surface area (Å²) in [5.74, 6) is 0.730. The van der Waals surface area contributed by atoms with Crippen molar-refractivity contribution in [3.05, 3.63) is 35.8 Å². The number of fused-ring (bicyclic) bond motifs is 1. The highest BCUT2D eigenvalue weighted by atomic mass is 14.9. The van der Waals surface area contributed by atoms with Gasteiger partial charge in [0.05, 0.1) is 11.2 Å². The molecule has 3 nitrogen and oxygen atoms in total. The highest BCUT2D eigenvalue weighted by Crippen LogP contribution is 2.22. The fourth-order valence-corrected chi connectivity index (χ4v) is 2.61. The largest absolute Gasteiger partial charge is 0.316 e. The summed E-state index contributed by atoms with van der Waals surface area (Å²) in [7, 11) is 0. The minimum atomic E-state index is 0.730. The first-order valence-corrected chi connectivity index (χ1v) is 6.24. The maximum atomic E-state index is 4.47. The maximum absolute atomic E-state index is 4.47. The second kappa shape index (κ2) is 4.41. The van der Waals surface area contributed by atoms with E-state index in [0.29, 0.717) is 0 Å². The zero-order valence-electron chi connectivity index (χ0n) is 10.1. The van der Waals surface area contributed by atoms with Gasteiger partial charge in [-0.05, 0) is 44.3 Å². The fourth-order valence-electron chi connectivity index (χ4n) is 2.61. The Kier molecular flexibility index (Phi) is 2.77. The van der Waals surface area contributed by atoms with Crippen LogP contribution in [0.25, 0.3) is 10.9 Å². The molecule has 0 saturated carbocycles. The summed E-state index contributed by atoms with van der Waals surface area (Å²) in [5.41, 5.74) is 3.53. The zero-order chi connectivity index (χ0) is 11.7. The fraction of sp³-hybridized carbons (Fsp3) is 0.429. The van der Waals surface area contributed by atoms with Gasteiger partial charge in [-0.1, -0.05) is 18.2 Å². The van der Waals surface area contributed by atoms with Crippen molar-refractivity contribution in [1.29, 1.82) is 0 Å². The van der Waals surface area contributed by atoms with Crippen LogP contribution in [0.3, 0.4) is 0 Å². The summed E-state index contributed by atoms with van der Waals surface area (Å²) >= 11 is 0. The number of nitrogens with one attached hydrogen (secondary N) is 1. The molecule has 3 rings (SSSR count). The van der Waals surface area contributed by atoms with Crippen LogP contribution in [0.1, 0.15) is 17.7 Å². The Morgan fingerprint density at radius 2 is 2.29 bits per heavy atom. The minimum absolute atomic E-state index is 0.730. The molecule has 1 atom stereocenters. The normalized spacial score (nSPS) is 19.9. The lowest BCUT2D eigenvalue weighted by molar-refractivity contribution is 0.574. The van der Waals surface area contributed by atoms with Crippen LogP contribution < -0.4 is 5.32 Å². The zero-order valence-corrected chi connectivity index (χ0v) is 10.1. The lowest BCUT2D eigenvalue weighted by Crippen LogP contribution is -2.11. The van der Waals surface area contributed by atoms with Crippen molar-refractivity contribution in [3.8, 4) is 0 Å². The van der Waals surface area contributed by atoms with Crippen LogP contribution in [-0.4, -0.2) is 23.1 Å². The quantitative estimate of drug-likeness (QED) is 0.853. The first-order chi connectivity index (χ1) is 8.34. The van der Waals surface area contributed by atoms with E-state index in [1.165, 1.54) is 23.1 Å². The Morgan fingerprint density at radius 1 is 1.35 bits per heavy atom. The van der Waals surface area contributed by atoms with Crippen LogP contribution in [0.2, 0.25) is 0 Å². The van der Waals surface area contributed by atoms with Crippen molar-refractivity contribution < 1.29 is 0 Å². The second-order valence-corrected chi connectivity index (χ2v) is 4.85. The molecule has 0 radical (unpaired) electrons. The lowest BCUT2D eigenvalue weighted by Gasteiger charge is -2.10. The number of hydrogen-bond donors (Lipinski definition) is 1. The van der Waals surface area contributed by atoms with Crippen LogP contribution >= 0.6 is 0 Å². The maximum Gasteiger partial charge on any atom is 0.116 e. The van der Waals surface area contributed by atoms with Crippen LogP contribution in [0.4, 0.5) is 0 Å². The summed E-state index contributed by atoms with van der Waals surface area (Å²) in [6, 6.07) is 6.34. The topological polar surface area (TPSA) is 37.8 Å². The molecule has 88 valence electrons. The molecule has 2 aromatic rings. The van der Waals surface area contributed by atoms with Crippen molar-refractivity contribution >= 4 is 10.9 Å².